The summed E-state index contributed by atoms with van der Waals surface area (Å²) >= 11 is 0. The van der Waals surface area contributed by atoms with Crippen molar-refractivity contribution in [2.75, 3.05) is 6.61 Å². The highest BCUT2D eigenvalue weighted by molar-refractivity contribution is 5.88. The van der Waals surface area contributed by atoms with E-state index in [-0.39, 0.29) is 18.4 Å². The monoisotopic (exact) mass is 336 g/mol. The van der Waals surface area contributed by atoms with Crippen molar-refractivity contribution < 1.29 is 37.3 Å². The number of hydrogen-bond donors (Lipinski definition) is 1. The number of aliphatic hydroxyl groups is 1. The molecule has 0 aromatic rings. The molecule has 1 aliphatic carbocycles. The molecule has 1 saturated carbocycles. The number of esters is 2. The maximum atomic E-state index is 12.8. The third-order valence-electron chi connectivity index (χ3n) is 3.81. The van der Waals surface area contributed by atoms with Gasteiger partial charge in [0.1, 0.15) is 5.60 Å². The Morgan fingerprint density at radius 2 is 1.78 bits per heavy atom. The molecule has 0 aromatic heterocycles. The third-order valence-corrected chi connectivity index (χ3v) is 3.81. The SMILES string of the molecule is C=CC1(OC(=O)COC(=O)C(=C)C)CCC(O)(C(F)(F)F)CC1. The van der Waals surface area contributed by atoms with Crippen molar-refractivity contribution in [3.05, 3.63) is 24.8 Å². The zero-order chi connectivity index (χ0) is 17.9. The standard InChI is InChI=1S/C15H19F3O5/c1-4-13(23-11(19)9-22-12(20)10(2)3)5-7-14(21,8-6-13)15(16,17)18/h4,21H,1-2,5-9H2,3H3. The number of alkyl halides is 3. The van der Waals surface area contributed by atoms with Crippen LogP contribution >= 0.6 is 0 Å². The Hall–Kier alpha value is -1.83. The van der Waals surface area contributed by atoms with Gasteiger partial charge in [0.05, 0.1) is 0 Å². The second-order valence-corrected chi connectivity index (χ2v) is 5.63. The Kier molecular flexibility index (Phi) is 5.63. The Labute approximate surface area is 131 Å². The summed E-state index contributed by atoms with van der Waals surface area (Å²) in [6.07, 6.45) is -5.19. The largest absolute Gasteiger partial charge is 0.452 e. The van der Waals surface area contributed by atoms with Crippen LogP contribution in [0.1, 0.15) is 32.6 Å². The fourth-order valence-electron chi connectivity index (χ4n) is 2.22. The van der Waals surface area contributed by atoms with E-state index in [0.29, 0.717) is 0 Å². The molecule has 1 aliphatic rings. The highest BCUT2D eigenvalue weighted by Crippen LogP contribution is 2.46. The molecule has 0 unspecified atom stereocenters. The van der Waals surface area contributed by atoms with E-state index in [2.05, 4.69) is 17.9 Å². The molecule has 0 heterocycles. The van der Waals surface area contributed by atoms with Crippen molar-refractivity contribution >= 4 is 11.9 Å². The van der Waals surface area contributed by atoms with Crippen LogP contribution in [0.15, 0.2) is 24.8 Å². The minimum atomic E-state index is -4.75. The second kappa shape index (κ2) is 6.74. The van der Waals surface area contributed by atoms with Gasteiger partial charge >= 0.3 is 18.1 Å². The number of carbonyl (C=O) groups excluding carboxylic acids is 2. The molecular formula is C15H19F3O5. The summed E-state index contributed by atoms with van der Waals surface area (Å²) in [6.45, 7) is 7.55. The summed E-state index contributed by atoms with van der Waals surface area (Å²) in [5, 5.41) is 9.63. The van der Waals surface area contributed by atoms with E-state index in [1.165, 1.54) is 13.0 Å². The summed E-state index contributed by atoms with van der Waals surface area (Å²) in [7, 11) is 0. The van der Waals surface area contributed by atoms with Crippen molar-refractivity contribution in [3.63, 3.8) is 0 Å². The molecule has 0 aliphatic heterocycles. The zero-order valence-electron chi connectivity index (χ0n) is 12.7. The van der Waals surface area contributed by atoms with Crippen LogP contribution in [0, 0.1) is 0 Å². The predicted molar refractivity (Wildman–Crippen MR) is 74.3 cm³/mol. The first-order valence-corrected chi connectivity index (χ1v) is 6.92. The molecule has 5 nitrogen and oxygen atoms in total. The van der Waals surface area contributed by atoms with Crippen LogP contribution in [-0.4, -0.2) is 41.0 Å². The van der Waals surface area contributed by atoms with Gasteiger partial charge in [-0.1, -0.05) is 13.2 Å². The number of ether oxygens (including phenoxy) is 2. The average molecular weight is 336 g/mol. The summed E-state index contributed by atoms with van der Waals surface area (Å²) in [6, 6.07) is 0. The van der Waals surface area contributed by atoms with Gasteiger partial charge in [-0.15, -0.1) is 0 Å². The summed E-state index contributed by atoms with van der Waals surface area (Å²) in [5.74, 6) is -1.68. The van der Waals surface area contributed by atoms with E-state index in [9.17, 15) is 27.9 Å². The van der Waals surface area contributed by atoms with E-state index < -0.39 is 48.8 Å². The van der Waals surface area contributed by atoms with Crippen molar-refractivity contribution in [1.82, 2.24) is 0 Å². The van der Waals surface area contributed by atoms with E-state index in [1.807, 2.05) is 0 Å². The molecular weight excluding hydrogens is 317 g/mol. The lowest BCUT2D eigenvalue weighted by atomic mass is 9.75. The first-order valence-electron chi connectivity index (χ1n) is 6.92. The maximum Gasteiger partial charge on any atom is 0.417 e. The number of hydrogen-bond acceptors (Lipinski definition) is 5. The molecule has 0 spiro atoms. The lowest BCUT2D eigenvalue weighted by molar-refractivity contribution is -0.277. The fraction of sp³-hybridized carbons (Fsp3) is 0.600. The Morgan fingerprint density at radius 1 is 1.26 bits per heavy atom. The second-order valence-electron chi connectivity index (χ2n) is 5.63. The van der Waals surface area contributed by atoms with Gasteiger partial charge in [-0.3, -0.25) is 0 Å². The van der Waals surface area contributed by atoms with Crippen molar-refractivity contribution in [1.29, 1.82) is 0 Å². The van der Waals surface area contributed by atoms with Crippen LogP contribution in [0.3, 0.4) is 0 Å². The van der Waals surface area contributed by atoms with Gasteiger partial charge in [0.2, 0.25) is 0 Å². The molecule has 0 aromatic carbocycles. The normalized spacial score (nSPS) is 27.9. The fourth-order valence-corrected chi connectivity index (χ4v) is 2.22. The molecule has 0 atom stereocenters. The van der Waals surface area contributed by atoms with Crippen LogP contribution in [0.2, 0.25) is 0 Å². The molecule has 0 bridgehead atoms. The van der Waals surface area contributed by atoms with E-state index in [0.717, 1.165) is 0 Å². The quantitative estimate of drug-likeness (QED) is 0.474. The molecule has 1 fully saturated rings. The van der Waals surface area contributed by atoms with Crippen molar-refractivity contribution in [2.24, 2.45) is 0 Å². The van der Waals surface area contributed by atoms with E-state index in [1.54, 1.807) is 0 Å². The Balaban J connectivity index is 2.64. The summed E-state index contributed by atoms with van der Waals surface area (Å²) in [5.41, 5.74) is -4.01. The molecule has 8 heteroatoms. The Morgan fingerprint density at radius 3 is 2.17 bits per heavy atom. The van der Waals surface area contributed by atoms with E-state index in [4.69, 9.17) is 4.74 Å². The number of halogens is 3. The van der Waals surface area contributed by atoms with Crippen LogP contribution in [0.5, 0.6) is 0 Å². The van der Waals surface area contributed by atoms with Crippen LogP contribution in [0.4, 0.5) is 13.2 Å². The molecule has 0 radical (unpaired) electrons. The van der Waals surface area contributed by atoms with Crippen LogP contribution < -0.4 is 0 Å². The molecule has 0 amide bonds. The third kappa shape index (κ3) is 4.57. The van der Waals surface area contributed by atoms with Gasteiger partial charge in [-0.05, 0) is 38.7 Å². The molecule has 0 saturated heterocycles. The van der Waals surface area contributed by atoms with Gasteiger partial charge in [0, 0.05) is 5.57 Å². The minimum absolute atomic E-state index is 0.101. The highest BCUT2D eigenvalue weighted by Gasteiger charge is 2.57. The predicted octanol–water partition coefficient (Wildman–Crippen LogP) is 2.44. The van der Waals surface area contributed by atoms with Crippen molar-refractivity contribution in [3.8, 4) is 0 Å². The summed E-state index contributed by atoms with van der Waals surface area (Å²) < 4.78 is 48.1. The minimum Gasteiger partial charge on any atom is -0.452 e. The van der Waals surface area contributed by atoms with Gasteiger partial charge in [0.15, 0.2) is 12.2 Å². The Bertz CT molecular complexity index is 502. The topological polar surface area (TPSA) is 72.8 Å². The average Bonchev–Trinajstić information content (AvgIpc) is 2.46. The van der Waals surface area contributed by atoms with Crippen molar-refractivity contribution in [2.45, 2.75) is 50.0 Å². The first kappa shape index (κ1) is 19.2. The molecule has 23 heavy (non-hydrogen) atoms. The van der Waals surface area contributed by atoms with Crippen LogP contribution in [-0.2, 0) is 19.1 Å². The lowest BCUT2D eigenvalue weighted by Crippen LogP contribution is -2.52. The molecule has 130 valence electrons. The molecule has 1 N–H and O–H groups in total. The molecule has 1 rings (SSSR count). The van der Waals surface area contributed by atoms with E-state index >= 15 is 0 Å². The smallest absolute Gasteiger partial charge is 0.417 e. The summed E-state index contributed by atoms with van der Waals surface area (Å²) in [4.78, 5) is 22.9. The zero-order valence-corrected chi connectivity index (χ0v) is 12.7. The van der Waals surface area contributed by atoms with Gasteiger partial charge < -0.3 is 14.6 Å². The van der Waals surface area contributed by atoms with Gasteiger partial charge in [-0.2, -0.15) is 13.2 Å². The number of rotatable bonds is 5. The maximum absolute atomic E-state index is 12.8. The van der Waals surface area contributed by atoms with Gasteiger partial charge in [0.25, 0.3) is 0 Å². The van der Waals surface area contributed by atoms with Gasteiger partial charge in [-0.25, -0.2) is 9.59 Å². The number of carbonyl (C=O) groups is 2. The lowest BCUT2D eigenvalue weighted by Gasteiger charge is -2.42. The van der Waals surface area contributed by atoms with Crippen LogP contribution in [0.25, 0.3) is 0 Å². The highest BCUT2D eigenvalue weighted by atomic mass is 19.4. The first-order chi connectivity index (χ1) is 10.4.